The molecule has 0 spiro atoms. The molecule has 2 rings (SSSR count). The lowest BCUT2D eigenvalue weighted by molar-refractivity contribution is -0.132. The lowest BCUT2D eigenvalue weighted by Gasteiger charge is -2.27. The van der Waals surface area contributed by atoms with E-state index in [0.717, 1.165) is 24.2 Å². The number of hydrogen-bond donors (Lipinski definition) is 0. The third-order valence-electron chi connectivity index (χ3n) is 3.63. The van der Waals surface area contributed by atoms with Gasteiger partial charge in [0.2, 0.25) is 5.91 Å². The molecule has 0 heterocycles. The maximum absolute atomic E-state index is 12.6. The van der Waals surface area contributed by atoms with Crippen molar-refractivity contribution in [2.75, 3.05) is 7.11 Å². The van der Waals surface area contributed by atoms with E-state index in [-0.39, 0.29) is 10.7 Å². The molecule has 1 aromatic rings. The highest BCUT2D eigenvalue weighted by molar-refractivity contribution is 9.10. The molecule has 0 radical (unpaired) electrons. The average molecular weight is 340 g/mol. The van der Waals surface area contributed by atoms with Gasteiger partial charge in [-0.3, -0.25) is 4.79 Å². The van der Waals surface area contributed by atoms with E-state index in [4.69, 9.17) is 4.74 Å². The first-order valence-electron chi connectivity index (χ1n) is 7.11. The van der Waals surface area contributed by atoms with Crippen molar-refractivity contribution in [2.45, 2.75) is 44.1 Å². The summed E-state index contributed by atoms with van der Waals surface area (Å²) in [5.41, 5.74) is 1.07. The van der Waals surface area contributed by atoms with Crippen LogP contribution in [0.5, 0.6) is 5.75 Å². The molecule has 1 unspecified atom stereocenters. The first kappa shape index (κ1) is 15.4. The minimum absolute atomic E-state index is 0.113. The van der Waals surface area contributed by atoms with Gasteiger partial charge in [0.1, 0.15) is 5.75 Å². The smallest absolute Gasteiger partial charge is 0.237 e. The fraction of sp³-hybridized carbons (Fsp3) is 0.562. The Hall–Kier alpha value is -1.03. The molecule has 1 amide bonds. The molecular formula is C16H22BrNO2. The second kappa shape index (κ2) is 6.61. The molecule has 0 aliphatic heterocycles. The number of carbonyl (C=O) groups excluding carboxylic acids is 1. The van der Waals surface area contributed by atoms with Crippen molar-refractivity contribution in [3.8, 4) is 5.75 Å². The van der Waals surface area contributed by atoms with Crippen molar-refractivity contribution < 1.29 is 9.53 Å². The van der Waals surface area contributed by atoms with Crippen molar-refractivity contribution in [3.05, 3.63) is 29.8 Å². The predicted octanol–water partition coefficient (Wildman–Crippen LogP) is 3.61. The van der Waals surface area contributed by atoms with Crippen molar-refractivity contribution in [3.63, 3.8) is 0 Å². The first-order valence-corrected chi connectivity index (χ1v) is 8.02. The summed E-state index contributed by atoms with van der Waals surface area (Å²) in [5.74, 6) is 1.33. The van der Waals surface area contributed by atoms with Gasteiger partial charge in [-0.25, -0.2) is 0 Å². The zero-order valence-corrected chi connectivity index (χ0v) is 13.9. The molecule has 3 nitrogen and oxygen atoms in total. The third kappa shape index (κ3) is 3.54. The lowest BCUT2D eigenvalue weighted by Crippen LogP contribution is -2.39. The van der Waals surface area contributed by atoms with Gasteiger partial charge in [0.25, 0.3) is 0 Å². The van der Waals surface area contributed by atoms with Crippen LogP contribution in [0.2, 0.25) is 0 Å². The fourth-order valence-electron chi connectivity index (χ4n) is 2.23. The molecule has 110 valence electrons. The molecule has 1 saturated carbocycles. The molecule has 0 N–H and O–H groups in total. The van der Waals surface area contributed by atoms with E-state index in [9.17, 15) is 4.79 Å². The zero-order chi connectivity index (χ0) is 14.7. The lowest BCUT2D eigenvalue weighted by atomic mass is 10.1. The largest absolute Gasteiger partial charge is 0.496 e. The average Bonchev–Trinajstić information content (AvgIpc) is 3.28. The summed E-state index contributed by atoms with van der Waals surface area (Å²) >= 11 is 3.53. The minimum atomic E-state index is -0.113. The second-order valence-electron chi connectivity index (χ2n) is 5.65. The van der Waals surface area contributed by atoms with Crippen LogP contribution in [0.4, 0.5) is 0 Å². The number of rotatable bonds is 6. The third-order valence-corrected chi connectivity index (χ3v) is 5.07. The van der Waals surface area contributed by atoms with E-state index in [1.54, 1.807) is 7.11 Å². The molecule has 1 atom stereocenters. The monoisotopic (exact) mass is 339 g/mol. The molecule has 1 aromatic carbocycles. The Balaban J connectivity index is 2.16. The molecule has 1 fully saturated rings. The number of hydrogen-bond acceptors (Lipinski definition) is 2. The molecular weight excluding hydrogens is 318 g/mol. The normalized spacial score (nSPS) is 16.1. The van der Waals surface area contributed by atoms with Crippen LogP contribution in [0.3, 0.4) is 0 Å². The van der Waals surface area contributed by atoms with E-state index in [0.29, 0.717) is 18.5 Å². The minimum Gasteiger partial charge on any atom is -0.496 e. The zero-order valence-electron chi connectivity index (χ0n) is 12.3. The Kier molecular flexibility index (Phi) is 5.08. The van der Waals surface area contributed by atoms with Crippen LogP contribution < -0.4 is 4.74 Å². The number of carbonyl (C=O) groups is 1. The first-order chi connectivity index (χ1) is 9.54. The highest BCUT2D eigenvalue weighted by Crippen LogP contribution is 2.32. The number of para-hydroxylation sites is 1. The van der Waals surface area contributed by atoms with E-state index in [1.165, 1.54) is 0 Å². The predicted molar refractivity (Wildman–Crippen MR) is 84.1 cm³/mol. The Labute approximate surface area is 129 Å². The Bertz CT molecular complexity index is 471. The van der Waals surface area contributed by atoms with E-state index in [2.05, 4.69) is 29.8 Å². The SMILES string of the molecule is COc1ccccc1CN(C(=O)C(Br)C(C)C)C1CC1. The number of halogens is 1. The van der Waals surface area contributed by atoms with Crippen LogP contribution in [-0.4, -0.2) is 28.8 Å². The highest BCUT2D eigenvalue weighted by Gasteiger charge is 2.36. The Morgan fingerprint density at radius 3 is 2.60 bits per heavy atom. The van der Waals surface area contributed by atoms with Crippen molar-refractivity contribution in [1.29, 1.82) is 0 Å². The van der Waals surface area contributed by atoms with E-state index < -0.39 is 0 Å². The Morgan fingerprint density at radius 2 is 2.05 bits per heavy atom. The van der Waals surface area contributed by atoms with Crippen LogP contribution in [0, 0.1) is 5.92 Å². The molecule has 4 heteroatoms. The van der Waals surface area contributed by atoms with Crippen LogP contribution in [0.25, 0.3) is 0 Å². The molecule has 20 heavy (non-hydrogen) atoms. The van der Waals surface area contributed by atoms with Crippen LogP contribution in [0.1, 0.15) is 32.3 Å². The van der Waals surface area contributed by atoms with Gasteiger partial charge in [0.05, 0.1) is 11.9 Å². The van der Waals surface area contributed by atoms with E-state index >= 15 is 0 Å². The number of benzene rings is 1. The maximum Gasteiger partial charge on any atom is 0.237 e. The van der Waals surface area contributed by atoms with Crippen LogP contribution >= 0.6 is 15.9 Å². The van der Waals surface area contributed by atoms with Crippen molar-refractivity contribution >= 4 is 21.8 Å². The topological polar surface area (TPSA) is 29.5 Å². The summed E-state index contributed by atoms with van der Waals surface area (Å²) in [4.78, 5) is 14.5. The van der Waals surface area contributed by atoms with Crippen LogP contribution in [-0.2, 0) is 11.3 Å². The number of amides is 1. The standard InChI is InChI=1S/C16H22BrNO2/c1-11(2)15(17)16(19)18(13-8-9-13)10-12-6-4-5-7-14(12)20-3/h4-7,11,13,15H,8-10H2,1-3H3. The molecule has 0 bridgehead atoms. The van der Waals surface area contributed by atoms with Crippen LogP contribution in [0.15, 0.2) is 24.3 Å². The maximum atomic E-state index is 12.6. The van der Waals surface area contributed by atoms with Gasteiger partial charge in [-0.1, -0.05) is 48.0 Å². The summed E-state index contributed by atoms with van der Waals surface area (Å²) in [6, 6.07) is 8.30. The van der Waals surface area contributed by atoms with Crippen molar-refractivity contribution in [1.82, 2.24) is 4.90 Å². The molecule has 1 aliphatic carbocycles. The van der Waals surface area contributed by atoms with Gasteiger partial charge in [0.15, 0.2) is 0 Å². The highest BCUT2D eigenvalue weighted by atomic mass is 79.9. The van der Waals surface area contributed by atoms with Crippen molar-refractivity contribution in [2.24, 2.45) is 5.92 Å². The number of methoxy groups -OCH3 is 1. The number of ether oxygens (including phenoxy) is 1. The molecule has 1 aliphatic rings. The van der Waals surface area contributed by atoms with Gasteiger partial charge in [0, 0.05) is 18.2 Å². The van der Waals surface area contributed by atoms with Gasteiger partial charge in [-0.05, 0) is 24.8 Å². The summed E-state index contributed by atoms with van der Waals surface area (Å²) in [7, 11) is 1.67. The van der Waals surface area contributed by atoms with Gasteiger partial charge < -0.3 is 9.64 Å². The summed E-state index contributed by atoms with van der Waals surface area (Å²) in [5, 5.41) is 0. The fourth-order valence-corrected chi connectivity index (χ4v) is 2.50. The summed E-state index contributed by atoms with van der Waals surface area (Å²) in [6.07, 6.45) is 2.22. The molecule has 0 saturated heterocycles. The van der Waals surface area contributed by atoms with Gasteiger partial charge in [-0.15, -0.1) is 0 Å². The summed E-state index contributed by atoms with van der Waals surface area (Å²) in [6.45, 7) is 4.75. The Morgan fingerprint density at radius 1 is 1.40 bits per heavy atom. The van der Waals surface area contributed by atoms with Gasteiger partial charge in [-0.2, -0.15) is 0 Å². The van der Waals surface area contributed by atoms with E-state index in [1.807, 2.05) is 29.2 Å². The quantitative estimate of drug-likeness (QED) is 0.741. The van der Waals surface area contributed by atoms with Gasteiger partial charge >= 0.3 is 0 Å². The summed E-state index contributed by atoms with van der Waals surface area (Å²) < 4.78 is 5.38. The second-order valence-corrected chi connectivity index (χ2v) is 6.64. The number of nitrogens with zero attached hydrogens (tertiary/aromatic N) is 1. The molecule has 0 aromatic heterocycles. The number of alkyl halides is 1.